The number of carbonyl (C=O) groups excluding carboxylic acids is 1. The van der Waals surface area contributed by atoms with Gasteiger partial charge in [-0.05, 0) is 25.7 Å². The fourth-order valence-corrected chi connectivity index (χ4v) is 4.39. The van der Waals surface area contributed by atoms with E-state index in [0.29, 0.717) is 32.2 Å². The Hall–Kier alpha value is -1.99. The van der Waals surface area contributed by atoms with E-state index in [0.717, 1.165) is 36.1 Å². The van der Waals surface area contributed by atoms with Gasteiger partial charge in [-0.3, -0.25) is 4.79 Å². The number of halogens is 3. The molecule has 4 heterocycles. The molecule has 3 saturated heterocycles. The van der Waals surface area contributed by atoms with Crippen LogP contribution in [0, 0.1) is 12.8 Å². The van der Waals surface area contributed by atoms with Crippen LogP contribution in [0.3, 0.4) is 0 Å². The maximum Gasteiger partial charge on any atom is 0.490 e. The molecule has 0 saturated carbocycles. The third-order valence-corrected chi connectivity index (χ3v) is 6.08. The number of carboxylic acids is 1. The van der Waals surface area contributed by atoms with Gasteiger partial charge in [0, 0.05) is 26.2 Å². The van der Waals surface area contributed by atoms with E-state index in [4.69, 9.17) is 19.4 Å². The second-order valence-electron chi connectivity index (χ2n) is 7.24. The van der Waals surface area contributed by atoms with E-state index in [2.05, 4.69) is 15.1 Å². The highest BCUT2D eigenvalue weighted by molar-refractivity contribution is 7.15. The molecule has 3 aliphatic rings. The van der Waals surface area contributed by atoms with Crippen molar-refractivity contribution >= 4 is 28.3 Å². The molecule has 1 aromatic heterocycles. The van der Waals surface area contributed by atoms with Crippen LogP contribution in [-0.2, 0) is 19.1 Å². The van der Waals surface area contributed by atoms with E-state index >= 15 is 0 Å². The fourth-order valence-electron chi connectivity index (χ4n) is 3.66. The average molecular weight is 452 g/mol. The topological polar surface area (TPSA) is 105 Å². The Balaban J connectivity index is 0.000000318. The number of morpholine rings is 1. The molecule has 0 radical (unpaired) electrons. The van der Waals surface area contributed by atoms with Crippen molar-refractivity contribution in [3.05, 3.63) is 5.01 Å². The molecule has 1 aromatic rings. The molecular formula is C17H23F3N4O5S. The van der Waals surface area contributed by atoms with Crippen LogP contribution in [0.4, 0.5) is 18.3 Å². The summed E-state index contributed by atoms with van der Waals surface area (Å²) in [6.45, 7) is 6.39. The number of amides is 1. The summed E-state index contributed by atoms with van der Waals surface area (Å²) in [5, 5.41) is 17.4. The number of aliphatic carboxylic acids is 1. The van der Waals surface area contributed by atoms with Crippen molar-refractivity contribution in [1.82, 2.24) is 15.1 Å². The number of aromatic nitrogens is 2. The molecule has 30 heavy (non-hydrogen) atoms. The smallest absolute Gasteiger partial charge is 0.475 e. The first kappa shape index (κ1) is 22.7. The predicted octanol–water partition coefficient (Wildman–Crippen LogP) is 1.32. The van der Waals surface area contributed by atoms with Crippen LogP contribution in [0.1, 0.15) is 17.8 Å². The highest BCUT2D eigenvalue weighted by atomic mass is 32.1. The molecule has 0 aromatic carbocycles. The lowest BCUT2D eigenvalue weighted by molar-refractivity contribution is -0.192. The van der Waals surface area contributed by atoms with Gasteiger partial charge in [0.05, 0.1) is 19.3 Å². The van der Waals surface area contributed by atoms with Crippen molar-refractivity contribution in [3.63, 3.8) is 0 Å². The van der Waals surface area contributed by atoms with Crippen molar-refractivity contribution in [2.24, 2.45) is 5.92 Å². The number of nitrogens with zero attached hydrogens (tertiary/aromatic N) is 4. The highest BCUT2D eigenvalue weighted by Gasteiger charge is 2.43. The number of fused-ring (bicyclic) bond motifs is 1. The van der Waals surface area contributed by atoms with Crippen molar-refractivity contribution in [1.29, 1.82) is 0 Å². The molecule has 1 N–H and O–H groups in total. The Morgan fingerprint density at radius 3 is 2.43 bits per heavy atom. The van der Waals surface area contributed by atoms with Crippen molar-refractivity contribution in [3.8, 4) is 0 Å². The van der Waals surface area contributed by atoms with E-state index < -0.39 is 12.1 Å². The van der Waals surface area contributed by atoms with Gasteiger partial charge in [-0.1, -0.05) is 11.3 Å². The summed E-state index contributed by atoms with van der Waals surface area (Å²) in [6.07, 6.45) is -3.33. The van der Waals surface area contributed by atoms with Gasteiger partial charge >= 0.3 is 12.1 Å². The van der Waals surface area contributed by atoms with Crippen LogP contribution in [0.2, 0.25) is 0 Å². The summed E-state index contributed by atoms with van der Waals surface area (Å²) in [6, 6.07) is 0. The van der Waals surface area contributed by atoms with Gasteiger partial charge in [-0.2, -0.15) is 13.2 Å². The second kappa shape index (κ2) is 9.43. The van der Waals surface area contributed by atoms with Gasteiger partial charge in [0.15, 0.2) is 0 Å². The minimum Gasteiger partial charge on any atom is -0.475 e. The first-order chi connectivity index (χ1) is 14.1. The van der Waals surface area contributed by atoms with Gasteiger partial charge in [0.1, 0.15) is 11.1 Å². The average Bonchev–Trinajstić information content (AvgIpc) is 3.33. The Labute approximate surface area is 174 Å². The first-order valence-electron chi connectivity index (χ1n) is 9.52. The zero-order valence-electron chi connectivity index (χ0n) is 16.3. The Morgan fingerprint density at radius 1 is 1.20 bits per heavy atom. The molecule has 1 amide bonds. The Kier molecular flexibility index (Phi) is 7.14. The Bertz CT molecular complexity index is 756. The molecule has 3 atom stereocenters. The third kappa shape index (κ3) is 5.58. The second-order valence-corrected chi connectivity index (χ2v) is 8.40. The molecule has 168 valence electrons. The summed E-state index contributed by atoms with van der Waals surface area (Å²) >= 11 is 1.62. The minimum absolute atomic E-state index is 0.128. The van der Waals surface area contributed by atoms with Gasteiger partial charge in [-0.15, -0.1) is 10.2 Å². The number of hydrogen-bond acceptors (Lipinski definition) is 8. The van der Waals surface area contributed by atoms with Crippen molar-refractivity contribution < 1.29 is 37.3 Å². The van der Waals surface area contributed by atoms with Crippen molar-refractivity contribution in [2.45, 2.75) is 38.1 Å². The highest BCUT2D eigenvalue weighted by Crippen LogP contribution is 2.36. The number of anilines is 1. The quantitative estimate of drug-likeness (QED) is 0.717. The number of carboxylic acid groups (broad SMARTS) is 1. The predicted molar refractivity (Wildman–Crippen MR) is 99.3 cm³/mol. The van der Waals surface area contributed by atoms with E-state index in [9.17, 15) is 18.0 Å². The number of rotatable bonds is 2. The zero-order chi connectivity index (χ0) is 21.9. The molecule has 3 fully saturated rings. The summed E-state index contributed by atoms with van der Waals surface area (Å²) in [5.74, 6) is -2.14. The molecule has 9 nitrogen and oxygen atoms in total. The van der Waals surface area contributed by atoms with Crippen LogP contribution in [-0.4, -0.2) is 89.9 Å². The summed E-state index contributed by atoms with van der Waals surface area (Å²) in [5.41, 5.74) is 0. The van der Waals surface area contributed by atoms with Gasteiger partial charge < -0.3 is 24.4 Å². The molecule has 0 spiro atoms. The van der Waals surface area contributed by atoms with E-state index in [1.165, 1.54) is 0 Å². The maximum atomic E-state index is 12.6. The monoisotopic (exact) mass is 452 g/mol. The first-order valence-corrected chi connectivity index (χ1v) is 10.3. The number of hydrogen-bond donors (Lipinski definition) is 1. The number of alkyl halides is 3. The molecule has 3 aliphatic heterocycles. The maximum absolute atomic E-state index is 12.6. The van der Waals surface area contributed by atoms with Gasteiger partial charge in [0.25, 0.3) is 5.91 Å². The van der Waals surface area contributed by atoms with Crippen LogP contribution in [0.25, 0.3) is 0 Å². The summed E-state index contributed by atoms with van der Waals surface area (Å²) < 4.78 is 43.2. The molecule has 0 bridgehead atoms. The van der Waals surface area contributed by atoms with E-state index in [-0.39, 0.29) is 18.1 Å². The summed E-state index contributed by atoms with van der Waals surface area (Å²) in [4.78, 5) is 25.6. The van der Waals surface area contributed by atoms with Crippen LogP contribution in [0.5, 0.6) is 0 Å². The summed E-state index contributed by atoms with van der Waals surface area (Å²) in [7, 11) is 0. The molecule has 4 rings (SSSR count). The molecule has 13 heteroatoms. The number of piperidine rings is 1. The van der Waals surface area contributed by atoms with E-state index in [1.54, 1.807) is 11.3 Å². The number of ether oxygens (including phenoxy) is 2. The van der Waals surface area contributed by atoms with Gasteiger partial charge in [-0.25, -0.2) is 4.79 Å². The minimum atomic E-state index is -5.08. The zero-order valence-corrected chi connectivity index (χ0v) is 17.1. The lowest BCUT2D eigenvalue weighted by Gasteiger charge is -2.33. The third-order valence-electron chi connectivity index (χ3n) is 5.18. The van der Waals surface area contributed by atoms with Crippen LogP contribution >= 0.6 is 11.3 Å². The standard InChI is InChI=1S/C15H22N4O3S.C2HF3O2/c1-10-16-17-15(23-10)19-3-2-11-8-12(22-13(11)9-19)14(20)18-4-6-21-7-5-18;3-2(4,5)1(6)7/h11-13H,2-9H2,1H3;(H,6,7)/t11-,12-,13+;/m0./s1. The molecular weight excluding hydrogens is 429 g/mol. The number of aryl methyl sites for hydroxylation is 1. The fraction of sp³-hybridized carbons (Fsp3) is 0.765. The number of carbonyl (C=O) groups is 2. The largest absolute Gasteiger partial charge is 0.490 e. The van der Waals surface area contributed by atoms with E-state index in [1.807, 2.05) is 11.8 Å². The normalized spacial score (nSPS) is 26.6. The van der Waals surface area contributed by atoms with Crippen molar-refractivity contribution in [2.75, 3.05) is 44.3 Å². The molecule has 0 unspecified atom stereocenters. The molecule has 0 aliphatic carbocycles. The SMILES string of the molecule is Cc1nnc(N2CC[C@H]3C[C@@H](C(=O)N4CCOCC4)O[C@@H]3C2)s1.O=C(O)C(F)(F)F. The van der Waals surface area contributed by atoms with Crippen LogP contribution in [0.15, 0.2) is 0 Å². The lowest BCUT2D eigenvalue weighted by atomic mass is 9.92. The van der Waals surface area contributed by atoms with Crippen LogP contribution < -0.4 is 4.90 Å². The van der Waals surface area contributed by atoms with Gasteiger partial charge in [0.2, 0.25) is 5.13 Å². The lowest BCUT2D eigenvalue weighted by Crippen LogP contribution is -2.46. The Morgan fingerprint density at radius 2 is 1.87 bits per heavy atom.